The van der Waals surface area contributed by atoms with Crippen molar-refractivity contribution in [3.8, 4) is 0 Å². The Hall–Kier alpha value is -3.41. The maximum absolute atomic E-state index is 12.4. The van der Waals surface area contributed by atoms with E-state index in [1.54, 1.807) is 0 Å². The van der Waals surface area contributed by atoms with E-state index in [9.17, 15) is 4.79 Å². The number of carbonyl (C=O) groups is 1. The van der Waals surface area contributed by atoms with Crippen molar-refractivity contribution in [2.24, 2.45) is 0 Å². The number of carbonyl (C=O) groups excluding carboxylic acids is 1. The van der Waals surface area contributed by atoms with Gasteiger partial charge in [-0.3, -0.25) is 4.79 Å². The van der Waals surface area contributed by atoms with E-state index in [0.717, 1.165) is 28.2 Å². The molecule has 3 rings (SSSR count). The van der Waals surface area contributed by atoms with Gasteiger partial charge in [-0.2, -0.15) is 0 Å². The summed E-state index contributed by atoms with van der Waals surface area (Å²) in [6.45, 7) is 4.00. The minimum absolute atomic E-state index is 0.231. The van der Waals surface area contributed by atoms with Crippen LogP contribution in [0.2, 0.25) is 0 Å². The van der Waals surface area contributed by atoms with Gasteiger partial charge in [-0.15, -0.1) is 0 Å². The Morgan fingerprint density at radius 1 is 0.963 bits per heavy atom. The Morgan fingerprint density at radius 3 is 2.26 bits per heavy atom. The molecule has 0 aliphatic rings. The van der Waals surface area contributed by atoms with Gasteiger partial charge < -0.3 is 15.5 Å². The van der Waals surface area contributed by atoms with E-state index < -0.39 is 0 Å². The molecule has 138 valence electrons. The van der Waals surface area contributed by atoms with Crippen molar-refractivity contribution in [1.29, 1.82) is 0 Å². The monoisotopic (exact) mass is 361 g/mol. The summed E-state index contributed by atoms with van der Waals surface area (Å²) in [6, 6.07) is 13.7. The van der Waals surface area contributed by atoms with E-state index in [-0.39, 0.29) is 5.91 Å². The molecule has 1 heterocycles. The average molecular weight is 361 g/mol. The normalized spacial score (nSPS) is 10.4. The minimum atomic E-state index is -0.231. The smallest absolute Gasteiger partial charge is 0.258 e. The number of hydrogen-bond acceptors (Lipinski definition) is 5. The molecule has 0 bridgehead atoms. The quantitative estimate of drug-likeness (QED) is 0.714. The standard InChI is InChI=1S/C21H23N5O/c1-14-6-5-7-19(15(14)2)25-20(27)16-12-22-21(23-13-16)24-17-8-10-18(11-9-17)26(3)4/h5-13H,1-4H3,(H,25,27)(H,22,23,24). The molecule has 0 saturated carbocycles. The third-order valence-electron chi connectivity index (χ3n) is 4.41. The summed E-state index contributed by atoms with van der Waals surface area (Å²) in [5.41, 5.74) is 5.37. The zero-order chi connectivity index (χ0) is 19.4. The summed E-state index contributed by atoms with van der Waals surface area (Å²) in [5.74, 6) is 0.210. The third kappa shape index (κ3) is 4.41. The second-order valence-corrected chi connectivity index (χ2v) is 6.56. The number of aromatic nitrogens is 2. The average Bonchev–Trinajstić information content (AvgIpc) is 2.66. The first-order chi connectivity index (χ1) is 12.9. The van der Waals surface area contributed by atoms with Gasteiger partial charge in [-0.25, -0.2) is 9.97 Å². The Morgan fingerprint density at radius 2 is 1.63 bits per heavy atom. The summed E-state index contributed by atoms with van der Waals surface area (Å²) in [7, 11) is 3.99. The molecule has 27 heavy (non-hydrogen) atoms. The molecule has 0 aliphatic carbocycles. The van der Waals surface area contributed by atoms with Gasteiger partial charge in [-0.05, 0) is 55.3 Å². The number of anilines is 4. The molecule has 6 heteroatoms. The maximum Gasteiger partial charge on any atom is 0.258 e. The van der Waals surface area contributed by atoms with E-state index in [1.165, 1.54) is 12.4 Å². The summed E-state index contributed by atoms with van der Waals surface area (Å²) in [6.07, 6.45) is 3.04. The first kappa shape index (κ1) is 18.4. The van der Waals surface area contributed by atoms with E-state index in [0.29, 0.717) is 11.5 Å². The zero-order valence-corrected chi connectivity index (χ0v) is 15.9. The maximum atomic E-state index is 12.4. The summed E-state index contributed by atoms with van der Waals surface area (Å²) in [5, 5.41) is 6.04. The second-order valence-electron chi connectivity index (χ2n) is 6.56. The first-order valence-electron chi connectivity index (χ1n) is 8.68. The lowest BCUT2D eigenvalue weighted by molar-refractivity contribution is 0.102. The van der Waals surface area contributed by atoms with Gasteiger partial charge >= 0.3 is 0 Å². The molecular weight excluding hydrogens is 338 g/mol. The topological polar surface area (TPSA) is 70.2 Å². The Bertz CT molecular complexity index is 934. The molecule has 1 amide bonds. The van der Waals surface area contributed by atoms with Gasteiger partial charge in [0.2, 0.25) is 5.95 Å². The van der Waals surface area contributed by atoms with E-state index in [4.69, 9.17) is 0 Å². The summed E-state index contributed by atoms with van der Waals surface area (Å²) in [4.78, 5) is 22.9. The molecule has 0 radical (unpaired) electrons. The number of aryl methyl sites for hydroxylation is 1. The van der Waals surface area contributed by atoms with Crippen molar-refractivity contribution in [2.75, 3.05) is 29.6 Å². The van der Waals surface area contributed by atoms with Gasteiger partial charge in [0.25, 0.3) is 5.91 Å². The molecule has 1 aromatic heterocycles. The van der Waals surface area contributed by atoms with Gasteiger partial charge in [0.1, 0.15) is 0 Å². The SMILES string of the molecule is Cc1cccc(NC(=O)c2cnc(Nc3ccc(N(C)C)cc3)nc2)c1C. The minimum Gasteiger partial charge on any atom is -0.378 e. The lowest BCUT2D eigenvalue weighted by Crippen LogP contribution is -2.14. The molecular formula is C21H23N5O. The molecule has 0 unspecified atom stereocenters. The van der Waals surface area contributed by atoms with Crippen LogP contribution in [0.1, 0.15) is 21.5 Å². The molecule has 0 fully saturated rings. The van der Waals surface area contributed by atoms with Gasteiger partial charge in [0, 0.05) is 43.6 Å². The van der Waals surface area contributed by atoms with Crippen molar-refractivity contribution >= 4 is 28.9 Å². The highest BCUT2D eigenvalue weighted by atomic mass is 16.1. The van der Waals surface area contributed by atoms with E-state index in [2.05, 4.69) is 20.6 Å². The predicted molar refractivity (Wildman–Crippen MR) is 110 cm³/mol. The molecule has 0 spiro atoms. The van der Waals surface area contributed by atoms with Crippen LogP contribution < -0.4 is 15.5 Å². The number of hydrogen-bond donors (Lipinski definition) is 2. The van der Waals surface area contributed by atoms with Crippen LogP contribution in [0.3, 0.4) is 0 Å². The van der Waals surface area contributed by atoms with Crippen LogP contribution in [-0.4, -0.2) is 30.0 Å². The molecule has 0 saturated heterocycles. The number of nitrogens with zero attached hydrogens (tertiary/aromatic N) is 3. The Kier molecular flexibility index (Phi) is 5.35. The molecule has 2 N–H and O–H groups in total. The lowest BCUT2D eigenvalue weighted by Gasteiger charge is -2.13. The van der Waals surface area contributed by atoms with Crippen molar-refractivity contribution in [3.63, 3.8) is 0 Å². The zero-order valence-electron chi connectivity index (χ0n) is 15.9. The van der Waals surface area contributed by atoms with Crippen molar-refractivity contribution in [2.45, 2.75) is 13.8 Å². The van der Waals surface area contributed by atoms with Crippen LogP contribution in [0.4, 0.5) is 23.0 Å². The number of rotatable bonds is 5. The fourth-order valence-electron chi connectivity index (χ4n) is 2.56. The van der Waals surface area contributed by atoms with Crippen LogP contribution in [0.15, 0.2) is 54.9 Å². The third-order valence-corrected chi connectivity index (χ3v) is 4.41. The highest BCUT2D eigenvalue weighted by Crippen LogP contribution is 2.20. The van der Waals surface area contributed by atoms with Crippen LogP contribution in [-0.2, 0) is 0 Å². The fraction of sp³-hybridized carbons (Fsp3) is 0.190. The van der Waals surface area contributed by atoms with E-state index >= 15 is 0 Å². The van der Waals surface area contributed by atoms with Gasteiger partial charge in [0.05, 0.1) is 5.56 Å². The van der Waals surface area contributed by atoms with Crippen LogP contribution in [0, 0.1) is 13.8 Å². The van der Waals surface area contributed by atoms with Crippen LogP contribution in [0.5, 0.6) is 0 Å². The van der Waals surface area contributed by atoms with Crippen molar-refractivity contribution < 1.29 is 4.79 Å². The number of amides is 1. The van der Waals surface area contributed by atoms with Crippen LogP contribution in [0.25, 0.3) is 0 Å². The first-order valence-corrected chi connectivity index (χ1v) is 8.68. The molecule has 3 aromatic rings. The van der Waals surface area contributed by atoms with E-state index in [1.807, 2.05) is 75.3 Å². The fourth-order valence-corrected chi connectivity index (χ4v) is 2.56. The Balaban J connectivity index is 1.67. The second kappa shape index (κ2) is 7.86. The molecule has 0 atom stereocenters. The number of benzene rings is 2. The van der Waals surface area contributed by atoms with Gasteiger partial charge in [0.15, 0.2) is 0 Å². The van der Waals surface area contributed by atoms with Crippen molar-refractivity contribution in [1.82, 2.24) is 9.97 Å². The largest absolute Gasteiger partial charge is 0.378 e. The van der Waals surface area contributed by atoms with Crippen LogP contribution >= 0.6 is 0 Å². The molecule has 6 nitrogen and oxygen atoms in total. The van der Waals surface area contributed by atoms with Crippen molar-refractivity contribution in [3.05, 3.63) is 71.5 Å². The molecule has 2 aromatic carbocycles. The Labute approximate surface area is 159 Å². The molecule has 0 aliphatic heterocycles. The highest BCUT2D eigenvalue weighted by molar-refractivity contribution is 6.04. The summed E-state index contributed by atoms with van der Waals surface area (Å²) < 4.78 is 0. The predicted octanol–water partition coefficient (Wildman–Crippen LogP) is 4.16. The summed E-state index contributed by atoms with van der Waals surface area (Å²) >= 11 is 0. The van der Waals surface area contributed by atoms with Gasteiger partial charge in [-0.1, -0.05) is 12.1 Å². The number of nitrogens with one attached hydrogen (secondary N) is 2. The highest BCUT2D eigenvalue weighted by Gasteiger charge is 2.10. The lowest BCUT2D eigenvalue weighted by atomic mass is 10.1.